The SMILES string of the molecule is CCCOc1ccc([C@@H](O)[C@@H](CN2CCOCC2)c2ccccc2)cc1. The Balaban J connectivity index is 1.76. The molecule has 2 aromatic carbocycles. The summed E-state index contributed by atoms with van der Waals surface area (Å²) in [5, 5.41) is 11.1. The molecule has 1 aliphatic heterocycles. The Kier molecular flexibility index (Phi) is 7.06. The van der Waals surface area contributed by atoms with Crippen LogP contribution in [0.5, 0.6) is 5.75 Å². The zero-order valence-corrected chi connectivity index (χ0v) is 15.5. The van der Waals surface area contributed by atoms with E-state index in [-0.39, 0.29) is 5.92 Å². The van der Waals surface area contributed by atoms with Gasteiger partial charge in [0.1, 0.15) is 5.75 Å². The minimum absolute atomic E-state index is 0.0247. The summed E-state index contributed by atoms with van der Waals surface area (Å²) >= 11 is 0. The molecule has 0 amide bonds. The van der Waals surface area contributed by atoms with Gasteiger partial charge in [-0.15, -0.1) is 0 Å². The average molecular weight is 355 g/mol. The lowest BCUT2D eigenvalue weighted by Crippen LogP contribution is -2.39. The summed E-state index contributed by atoms with van der Waals surface area (Å²) in [5.41, 5.74) is 2.09. The van der Waals surface area contributed by atoms with Crippen LogP contribution in [-0.2, 0) is 4.74 Å². The molecule has 0 bridgehead atoms. The molecule has 26 heavy (non-hydrogen) atoms. The third kappa shape index (κ3) is 5.07. The van der Waals surface area contributed by atoms with E-state index in [4.69, 9.17) is 9.47 Å². The first kappa shape index (κ1) is 18.9. The first-order valence-corrected chi connectivity index (χ1v) is 9.54. The lowest BCUT2D eigenvalue weighted by molar-refractivity contribution is 0.0240. The van der Waals surface area contributed by atoms with Gasteiger partial charge in [-0.2, -0.15) is 0 Å². The molecule has 1 fully saturated rings. The quantitative estimate of drug-likeness (QED) is 0.785. The molecule has 2 atom stereocenters. The number of hydrogen-bond acceptors (Lipinski definition) is 4. The zero-order chi connectivity index (χ0) is 18.2. The van der Waals surface area contributed by atoms with Crippen LogP contribution in [0.15, 0.2) is 54.6 Å². The van der Waals surface area contributed by atoms with Crippen molar-refractivity contribution in [2.75, 3.05) is 39.5 Å². The van der Waals surface area contributed by atoms with Crippen LogP contribution in [0.3, 0.4) is 0 Å². The van der Waals surface area contributed by atoms with E-state index in [1.807, 2.05) is 42.5 Å². The van der Waals surface area contributed by atoms with E-state index in [1.54, 1.807) is 0 Å². The smallest absolute Gasteiger partial charge is 0.119 e. The van der Waals surface area contributed by atoms with Gasteiger partial charge in [-0.3, -0.25) is 4.90 Å². The van der Waals surface area contributed by atoms with E-state index in [2.05, 4.69) is 24.0 Å². The van der Waals surface area contributed by atoms with E-state index >= 15 is 0 Å². The Hall–Kier alpha value is -1.88. The predicted octanol–water partition coefficient (Wildman–Crippen LogP) is 3.62. The Morgan fingerprint density at radius 2 is 1.69 bits per heavy atom. The lowest BCUT2D eigenvalue weighted by atomic mass is 9.88. The molecular formula is C22H29NO3. The van der Waals surface area contributed by atoms with Crippen molar-refractivity contribution in [2.24, 2.45) is 0 Å². The molecule has 0 spiro atoms. The first-order valence-electron chi connectivity index (χ1n) is 9.54. The van der Waals surface area contributed by atoms with E-state index in [9.17, 15) is 5.11 Å². The van der Waals surface area contributed by atoms with E-state index in [0.717, 1.165) is 56.1 Å². The summed E-state index contributed by atoms with van der Waals surface area (Å²) in [4.78, 5) is 2.38. The molecule has 0 aliphatic carbocycles. The molecule has 0 radical (unpaired) electrons. The Bertz CT molecular complexity index is 638. The standard InChI is InChI=1S/C22H29NO3/c1-2-14-26-20-10-8-19(9-11-20)22(24)21(18-6-4-3-5-7-18)17-23-12-15-25-16-13-23/h3-11,21-22,24H,2,12-17H2,1H3/t21-,22+/m0/s1. The molecule has 1 heterocycles. The fourth-order valence-corrected chi connectivity index (χ4v) is 3.36. The molecule has 0 saturated carbocycles. The molecule has 4 heteroatoms. The monoisotopic (exact) mass is 355 g/mol. The van der Waals surface area contributed by atoms with E-state index < -0.39 is 6.10 Å². The molecule has 1 saturated heterocycles. The Labute approximate surface area is 156 Å². The third-order valence-corrected chi connectivity index (χ3v) is 4.86. The van der Waals surface area contributed by atoms with Gasteiger partial charge in [0.05, 0.1) is 25.9 Å². The largest absolute Gasteiger partial charge is 0.494 e. The van der Waals surface area contributed by atoms with Crippen molar-refractivity contribution in [1.29, 1.82) is 0 Å². The van der Waals surface area contributed by atoms with Gasteiger partial charge in [-0.05, 0) is 29.7 Å². The lowest BCUT2D eigenvalue weighted by Gasteiger charge is -2.33. The zero-order valence-electron chi connectivity index (χ0n) is 15.5. The average Bonchev–Trinajstić information content (AvgIpc) is 2.72. The van der Waals surface area contributed by atoms with Crippen molar-refractivity contribution < 1.29 is 14.6 Å². The molecule has 4 nitrogen and oxygen atoms in total. The maximum absolute atomic E-state index is 11.1. The highest BCUT2D eigenvalue weighted by molar-refractivity contribution is 5.32. The van der Waals surface area contributed by atoms with Crippen molar-refractivity contribution in [3.05, 3.63) is 65.7 Å². The van der Waals surface area contributed by atoms with Crippen LogP contribution >= 0.6 is 0 Å². The van der Waals surface area contributed by atoms with Gasteiger partial charge in [0.2, 0.25) is 0 Å². The van der Waals surface area contributed by atoms with Gasteiger partial charge < -0.3 is 14.6 Å². The maximum Gasteiger partial charge on any atom is 0.119 e. The molecule has 3 rings (SSSR count). The van der Waals surface area contributed by atoms with Crippen molar-refractivity contribution in [3.63, 3.8) is 0 Å². The normalized spacial score (nSPS) is 17.6. The van der Waals surface area contributed by atoms with Crippen LogP contribution in [0.1, 0.15) is 36.5 Å². The first-order chi connectivity index (χ1) is 12.8. The highest BCUT2D eigenvalue weighted by Gasteiger charge is 2.26. The van der Waals surface area contributed by atoms with Gasteiger partial charge in [0.15, 0.2) is 0 Å². The molecule has 1 N–H and O–H groups in total. The molecular weight excluding hydrogens is 326 g/mol. The summed E-state index contributed by atoms with van der Waals surface area (Å²) in [5.74, 6) is 0.879. The van der Waals surface area contributed by atoms with Crippen LogP contribution < -0.4 is 4.74 Å². The summed E-state index contributed by atoms with van der Waals surface area (Å²) < 4.78 is 11.1. The highest BCUT2D eigenvalue weighted by Crippen LogP contribution is 2.32. The number of benzene rings is 2. The minimum Gasteiger partial charge on any atom is -0.494 e. The van der Waals surface area contributed by atoms with Gasteiger partial charge in [0, 0.05) is 25.6 Å². The van der Waals surface area contributed by atoms with Crippen molar-refractivity contribution in [1.82, 2.24) is 4.90 Å². The topological polar surface area (TPSA) is 41.9 Å². The Morgan fingerprint density at radius 1 is 1.00 bits per heavy atom. The third-order valence-electron chi connectivity index (χ3n) is 4.86. The second-order valence-electron chi connectivity index (χ2n) is 6.79. The second-order valence-corrected chi connectivity index (χ2v) is 6.79. The number of aliphatic hydroxyl groups is 1. The van der Waals surface area contributed by atoms with E-state index in [1.165, 1.54) is 0 Å². The molecule has 140 valence electrons. The molecule has 2 aromatic rings. The summed E-state index contributed by atoms with van der Waals surface area (Å²) in [6.45, 7) is 6.99. The van der Waals surface area contributed by atoms with Gasteiger partial charge >= 0.3 is 0 Å². The van der Waals surface area contributed by atoms with Crippen LogP contribution in [0.4, 0.5) is 0 Å². The number of nitrogens with zero attached hydrogens (tertiary/aromatic N) is 1. The van der Waals surface area contributed by atoms with Crippen molar-refractivity contribution >= 4 is 0 Å². The van der Waals surface area contributed by atoms with Gasteiger partial charge in [0.25, 0.3) is 0 Å². The summed E-state index contributed by atoms with van der Waals surface area (Å²) in [6, 6.07) is 18.2. The number of rotatable bonds is 8. The van der Waals surface area contributed by atoms with Crippen LogP contribution in [-0.4, -0.2) is 49.5 Å². The van der Waals surface area contributed by atoms with Crippen molar-refractivity contribution in [3.8, 4) is 5.75 Å². The number of aliphatic hydroxyl groups excluding tert-OH is 1. The van der Waals surface area contributed by atoms with Crippen LogP contribution in [0, 0.1) is 0 Å². The summed E-state index contributed by atoms with van der Waals surface area (Å²) in [6.07, 6.45) is 0.431. The molecule has 1 aliphatic rings. The Morgan fingerprint density at radius 3 is 2.35 bits per heavy atom. The highest BCUT2D eigenvalue weighted by atomic mass is 16.5. The molecule has 0 unspecified atom stereocenters. The van der Waals surface area contributed by atoms with Gasteiger partial charge in [-0.1, -0.05) is 49.4 Å². The van der Waals surface area contributed by atoms with E-state index in [0.29, 0.717) is 6.61 Å². The van der Waals surface area contributed by atoms with Crippen LogP contribution in [0.25, 0.3) is 0 Å². The minimum atomic E-state index is -0.555. The van der Waals surface area contributed by atoms with Crippen molar-refractivity contribution in [2.45, 2.75) is 25.4 Å². The number of morpholine rings is 1. The van der Waals surface area contributed by atoms with Crippen LogP contribution in [0.2, 0.25) is 0 Å². The fraction of sp³-hybridized carbons (Fsp3) is 0.455. The predicted molar refractivity (Wildman–Crippen MR) is 104 cm³/mol. The fourth-order valence-electron chi connectivity index (χ4n) is 3.36. The second kappa shape index (κ2) is 9.72. The summed E-state index contributed by atoms with van der Waals surface area (Å²) in [7, 11) is 0. The maximum atomic E-state index is 11.1. The molecule has 0 aromatic heterocycles. The number of hydrogen-bond donors (Lipinski definition) is 1. The number of ether oxygens (including phenoxy) is 2. The van der Waals surface area contributed by atoms with Gasteiger partial charge in [-0.25, -0.2) is 0 Å².